The zero-order chi connectivity index (χ0) is 19.7. The Morgan fingerprint density at radius 1 is 1.04 bits per heavy atom. The van der Waals surface area contributed by atoms with Gasteiger partial charge in [0.2, 0.25) is 5.91 Å². The van der Waals surface area contributed by atoms with Crippen LogP contribution in [0.25, 0.3) is 0 Å². The fraction of sp³-hybridized carbons (Fsp3) is 0.550. The van der Waals surface area contributed by atoms with Crippen molar-refractivity contribution in [3.63, 3.8) is 0 Å². The van der Waals surface area contributed by atoms with E-state index in [9.17, 15) is 19.5 Å². The van der Waals surface area contributed by atoms with Crippen molar-refractivity contribution >= 4 is 17.8 Å². The number of aliphatic carboxylic acids is 1. The Balaban J connectivity index is 1.55. The van der Waals surface area contributed by atoms with Crippen molar-refractivity contribution in [1.29, 1.82) is 0 Å². The lowest BCUT2D eigenvalue weighted by molar-refractivity contribution is -0.150. The summed E-state index contributed by atoms with van der Waals surface area (Å²) in [5.41, 5.74) is 6.83. The van der Waals surface area contributed by atoms with Crippen LogP contribution in [0.1, 0.15) is 37.3 Å². The van der Waals surface area contributed by atoms with Crippen molar-refractivity contribution in [2.75, 3.05) is 0 Å². The van der Waals surface area contributed by atoms with E-state index in [0.29, 0.717) is 5.75 Å². The second kappa shape index (κ2) is 7.58. The van der Waals surface area contributed by atoms with E-state index in [1.165, 1.54) is 0 Å². The van der Waals surface area contributed by atoms with Crippen molar-refractivity contribution in [2.24, 2.45) is 23.7 Å². The number of carbonyl (C=O) groups is 3. The van der Waals surface area contributed by atoms with Crippen molar-refractivity contribution < 1.29 is 24.2 Å². The van der Waals surface area contributed by atoms with Crippen molar-refractivity contribution in [3.8, 4) is 5.75 Å². The zero-order valence-corrected chi connectivity index (χ0v) is 15.8. The first-order valence-electron chi connectivity index (χ1n) is 9.33. The predicted octanol–water partition coefficient (Wildman–Crippen LogP) is 1.97. The molecule has 0 unspecified atom stereocenters. The van der Waals surface area contributed by atoms with Crippen LogP contribution < -0.4 is 15.6 Å². The molecule has 0 aliphatic heterocycles. The highest BCUT2D eigenvalue weighted by molar-refractivity contribution is 5.89. The minimum atomic E-state index is -0.930. The second-order valence-electron chi connectivity index (χ2n) is 7.79. The predicted molar refractivity (Wildman–Crippen MR) is 97.7 cm³/mol. The van der Waals surface area contributed by atoms with Crippen LogP contribution in [0.5, 0.6) is 5.75 Å². The highest BCUT2D eigenvalue weighted by Gasteiger charge is 2.54. The summed E-state index contributed by atoms with van der Waals surface area (Å²) >= 11 is 0. The van der Waals surface area contributed by atoms with Crippen LogP contribution in [0.2, 0.25) is 0 Å². The summed E-state index contributed by atoms with van der Waals surface area (Å²) in [6.45, 7) is 5.48. The summed E-state index contributed by atoms with van der Waals surface area (Å²) in [7, 11) is 0. The van der Waals surface area contributed by atoms with Gasteiger partial charge in [-0.15, -0.1) is 0 Å². The van der Waals surface area contributed by atoms with Crippen LogP contribution in [-0.4, -0.2) is 29.0 Å². The SMILES string of the molecule is Cc1cc(C)cc(O[C@@H](C)C(=O)NNC(=O)[C@H]2[C@@H]3CC[C@@H](C3)[C@@H]2C(=O)O)c1. The lowest BCUT2D eigenvalue weighted by Crippen LogP contribution is -2.51. The Bertz CT molecular complexity index is 742. The number of fused-ring (bicyclic) bond motifs is 2. The lowest BCUT2D eigenvalue weighted by Gasteiger charge is -2.27. The first kappa shape index (κ1) is 19.2. The minimum absolute atomic E-state index is 0.0609. The Morgan fingerprint density at radius 3 is 2.22 bits per heavy atom. The Labute approximate surface area is 158 Å². The number of ether oxygens (including phenoxy) is 1. The maximum atomic E-state index is 12.5. The standard InChI is InChI=1S/C20H26N2O5/c1-10-6-11(2)8-15(7-10)27-12(3)18(23)21-22-19(24)16-13-4-5-14(9-13)17(16)20(25)26/h6-8,12-14,16-17H,4-5,9H2,1-3H3,(H,21,23)(H,22,24)(H,25,26)/t12-,13+,14-,16-,17-/m0/s1. The average molecular weight is 374 g/mol. The molecule has 7 heteroatoms. The summed E-state index contributed by atoms with van der Waals surface area (Å²) in [5.74, 6) is -2.37. The van der Waals surface area contributed by atoms with E-state index in [1.54, 1.807) is 6.92 Å². The molecule has 2 saturated carbocycles. The summed E-state index contributed by atoms with van der Waals surface area (Å²) < 4.78 is 5.65. The molecule has 0 spiro atoms. The molecular weight excluding hydrogens is 348 g/mol. The number of hydrazine groups is 1. The largest absolute Gasteiger partial charge is 0.481 e. The number of carboxylic acids is 1. The van der Waals surface area contributed by atoms with Crippen LogP contribution in [0, 0.1) is 37.5 Å². The number of aryl methyl sites for hydroxylation is 2. The normalized spacial score (nSPS) is 27.1. The monoisotopic (exact) mass is 374 g/mol. The van der Waals surface area contributed by atoms with Crippen LogP contribution in [-0.2, 0) is 14.4 Å². The smallest absolute Gasteiger partial charge is 0.307 e. The van der Waals surface area contributed by atoms with Gasteiger partial charge in [0.25, 0.3) is 5.91 Å². The molecule has 0 heterocycles. The van der Waals surface area contributed by atoms with Gasteiger partial charge in [0, 0.05) is 0 Å². The number of hydrogen-bond donors (Lipinski definition) is 3. The molecule has 2 amide bonds. The number of hydrogen-bond acceptors (Lipinski definition) is 4. The molecule has 2 aliphatic rings. The summed E-state index contributed by atoms with van der Waals surface area (Å²) in [4.78, 5) is 36.3. The molecule has 0 aromatic heterocycles. The first-order chi connectivity index (χ1) is 12.8. The van der Waals surface area contributed by atoms with E-state index in [4.69, 9.17) is 4.74 Å². The van der Waals surface area contributed by atoms with Gasteiger partial charge in [-0.2, -0.15) is 0 Å². The number of benzene rings is 1. The van der Waals surface area contributed by atoms with Gasteiger partial charge < -0.3 is 9.84 Å². The molecule has 2 aliphatic carbocycles. The molecule has 146 valence electrons. The molecule has 0 radical (unpaired) electrons. The quantitative estimate of drug-likeness (QED) is 0.684. The Kier molecular flexibility index (Phi) is 5.39. The number of nitrogens with one attached hydrogen (secondary N) is 2. The lowest BCUT2D eigenvalue weighted by atomic mass is 9.79. The third kappa shape index (κ3) is 4.07. The molecule has 7 nitrogen and oxygen atoms in total. The maximum absolute atomic E-state index is 12.5. The van der Waals surface area contributed by atoms with Crippen LogP contribution in [0.4, 0.5) is 0 Å². The molecule has 5 atom stereocenters. The minimum Gasteiger partial charge on any atom is -0.481 e. The van der Waals surface area contributed by atoms with Gasteiger partial charge in [-0.3, -0.25) is 25.2 Å². The molecule has 0 saturated heterocycles. The Morgan fingerprint density at radius 2 is 1.63 bits per heavy atom. The molecule has 1 aromatic rings. The van der Waals surface area contributed by atoms with E-state index in [2.05, 4.69) is 10.9 Å². The van der Waals surface area contributed by atoms with Gasteiger partial charge in [0.15, 0.2) is 6.10 Å². The third-order valence-corrected chi connectivity index (χ3v) is 5.69. The number of amides is 2. The van der Waals surface area contributed by atoms with Crippen molar-refractivity contribution in [2.45, 2.75) is 46.1 Å². The third-order valence-electron chi connectivity index (χ3n) is 5.69. The Hall–Kier alpha value is -2.57. The first-order valence-corrected chi connectivity index (χ1v) is 9.33. The molecular formula is C20H26N2O5. The zero-order valence-electron chi connectivity index (χ0n) is 15.8. The van der Waals surface area contributed by atoms with E-state index in [0.717, 1.165) is 30.4 Å². The molecule has 2 fully saturated rings. The average Bonchev–Trinajstić information content (AvgIpc) is 3.19. The van der Waals surface area contributed by atoms with E-state index >= 15 is 0 Å². The maximum Gasteiger partial charge on any atom is 0.307 e. The fourth-order valence-electron chi connectivity index (χ4n) is 4.59. The van der Waals surface area contributed by atoms with Crippen molar-refractivity contribution in [1.82, 2.24) is 10.9 Å². The van der Waals surface area contributed by atoms with E-state index in [1.807, 2.05) is 32.0 Å². The second-order valence-corrected chi connectivity index (χ2v) is 7.79. The van der Waals surface area contributed by atoms with Gasteiger partial charge in [-0.25, -0.2) is 0 Å². The molecule has 2 bridgehead atoms. The van der Waals surface area contributed by atoms with Crippen LogP contribution in [0.3, 0.4) is 0 Å². The summed E-state index contributed by atoms with van der Waals surface area (Å²) in [5, 5.41) is 9.44. The van der Waals surface area contributed by atoms with Gasteiger partial charge >= 0.3 is 5.97 Å². The number of carboxylic acid groups (broad SMARTS) is 1. The molecule has 3 rings (SSSR count). The van der Waals surface area contributed by atoms with Crippen LogP contribution >= 0.6 is 0 Å². The van der Waals surface area contributed by atoms with Crippen molar-refractivity contribution in [3.05, 3.63) is 29.3 Å². The number of carbonyl (C=O) groups excluding carboxylic acids is 2. The molecule has 1 aromatic carbocycles. The highest BCUT2D eigenvalue weighted by Crippen LogP contribution is 2.52. The van der Waals surface area contributed by atoms with Gasteiger partial charge in [0.1, 0.15) is 5.75 Å². The van der Waals surface area contributed by atoms with Gasteiger partial charge in [0.05, 0.1) is 11.8 Å². The van der Waals surface area contributed by atoms with Gasteiger partial charge in [-0.05, 0) is 75.1 Å². The highest BCUT2D eigenvalue weighted by atomic mass is 16.5. The summed E-state index contributed by atoms with van der Waals surface area (Å²) in [6, 6.07) is 5.68. The van der Waals surface area contributed by atoms with E-state index in [-0.39, 0.29) is 11.8 Å². The molecule has 27 heavy (non-hydrogen) atoms. The topological polar surface area (TPSA) is 105 Å². The number of rotatable bonds is 5. The van der Waals surface area contributed by atoms with Crippen LogP contribution in [0.15, 0.2) is 18.2 Å². The summed E-state index contributed by atoms with van der Waals surface area (Å²) in [6.07, 6.45) is 1.70. The fourth-order valence-corrected chi connectivity index (χ4v) is 4.59. The van der Waals surface area contributed by atoms with Gasteiger partial charge in [-0.1, -0.05) is 6.07 Å². The van der Waals surface area contributed by atoms with E-state index < -0.39 is 35.7 Å². The molecule has 3 N–H and O–H groups in total.